The minimum absolute atomic E-state index is 0.330. The second-order valence-electron chi connectivity index (χ2n) is 6.84. The van der Waals surface area contributed by atoms with Crippen LogP contribution in [0.4, 0.5) is 0 Å². The van der Waals surface area contributed by atoms with Gasteiger partial charge in [-0.05, 0) is 61.9 Å². The molecule has 0 fully saturated rings. The minimum Gasteiger partial charge on any atom is -0.497 e. The first kappa shape index (κ1) is 20.6. The maximum atomic E-state index is 13.0. The zero-order valence-corrected chi connectivity index (χ0v) is 18.3. The smallest absolute Gasteiger partial charge is 0.361 e. The lowest BCUT2D eigenvalue weighted by Gasteiger charge is -2.17. The zero-order chi connectivity index (χ0) is 21.1. The first-order chi connectivity index (χ1) is 14.6. The molecule has 0 atom stereocenters. The number of rotatable bonds is 8. The molecule has 6 nitrogen and oxygen atoms in total. The summed E-state index contributed by atoms with van der Waals surface area (Å²) in [7, 11) is -1.62. The molecular weight excluding hydrogens is 399 g/mol. The molecule has 0 bridgehead atoms. The molecule has 2 heterocycles. The van der Waals surface area contributed by atoms with Crippen molar-refractivity contribution in [2.24, 2.45) is 0 Å². The van der Waals surface area contributed by atoms with Gasteiger partial charge in [-0.15, -0.1) is 0 Å². The van der Waals surface area contributed by atoms with E-state index < -0.39 is 7.60 Å². The number of benzene rings is 2. The number of hydrogen-bond acceptors (Lipinski definition) is 5. The maximum absolute atomic E-state index is 13.0. The van der Waals surface area contributed by atoms with Gasteiger partial charge >= 0.3 is 7.60 Å². The van der Waals surface area contributed by atoms with Crippen LogP contribution in [0.5, 0.6) is 5.75 Å². The highest BCUT2D eigenvalue weighted by Gasteiger charge is 2.26. The van der Waals surface area contributed by atoms with Gasteiger partial charge in [0.2, 0.25) is 0 Å². The summed E-state index contributed by atoms with van der Waals surface area (Å²) in [6.45, 7) is 4.94. The molecular formula is C23H25N2O4P. The van der Waals surface area contributed by atoms with Crippen LogP contribution in [0.15, 0.2) is 60.8 Å². The van der Waals surface area contributed by atoms with E-state index in [0.717, 1.165) is 33.2 Å². The number of fused-ring (bicyclic) bond motifs is 3. The number of ether oxygens (including phenoxy) is 1. The predicted octanol–water partition coefficient (Wildman–Crippen LogP) is 5.14. The van der Waals surface area contributed by atoms with Crippen LogP contribution in [0, 0.1) is 0 Å². The summed E-state index contributed by atoms with van der Waals surface area (Å²) < 4.78 is 31.5. The fourth-order valence-corrected chi connectivity index (χ4v) is 5.25. The summed E-state index contributed by atoms with van der Waals surface area (Å²) in [5.41, 5.74) is 4.17. The number of hydrogen-bond donors (Lipinski definition) is 0. The fraction of sp³-hybridized carbons (Fsp3) is 0.261. The van der Waals surface area contributed by atoms with Gasteiger partial charge in [-0.25, -0.2) is 0 Å². The minimum atomic E-state index is -3.28. The van der Waals surface area contributed by atoms with Gasteiger partial charge < -0.3 is 18.4 Å². The first-order valence-electron chi connectivity index (χ1n) is 9.99. The van der Waals surface area contributed by atoms with E-state index in [4.69, 9.17) is 13.8 Å². The highest BCUT2D eigenvalue weighted by atomic mass is 31.2. The van der Waals surface area contributed by atoms with E-state index >= 15 is 0 Å². The van der Waals surface area contributed by atoms with E-state index in [0.29, 0.717) is 25.1 Å². The van der Waals surface area contributed by atoms with E-state index in [1.807, 2.05) is 56.3 Å². The molecule has 30 heavy (non-hydrogen) atoms. The third-order valence-electron chi connectivity index (χ3n) is 5.02. The summed E-state index contributed by atoms with van der Waals surface area (Å²) in [5.74, 6) is 0.805. The molecule has 0 aliphatic rings. The molecule has 0 saturated carbocycles. The lowest BCUT2D eigenvalue weighted by Crippen LogP contribution is -2.11. The zero-order valence-electron chi connectivity index (χ0n) is 17.4. The molecule has 156 valence electrons. The van der Waals surface area contributed by atoms with Crippen molar-refractivity contribution in [3.05, 3.63) is 66.4 Å². The van der Waals surface area contributed by atoms with Crippen molar-refractivity contribution in [3.8, 4) is 5.75 Å². The van der Waals surface area contributed by atoms with Crippen LogP contribution in [0.25, 0.3) is 21.9 Å². The molecule has 0 spiro atoms. The van der Waals surface area contributed by atoms with Crippen molar-refractivity contribution in [1.29, 1.82) is 0 Å². The molecule has 7 heteroatoms. The van der Waals surface area contributed by atoms with Crippen molar-refractivity contribution in [3.63, 3.8) is 0 Å². The monoisotopic (exact) mass is 424 g/mol. The Hall–Kier alpha value is -2.66. The Bertz CT molecular complexity index is 1210. The van der Waals surface area contributed by atoms with Crippen molar-refractivity contribution in [1.82, 2.24) is 9.55 Å². The van der Waals surface area contributed by atoms with Crippen LogP contribution < -0.4 is 10.0 Å². The van der Waals surface area contributed by atoms with E-state index in [1.165, 1.54) is 0 Å². The summed E-state index contributed by atoms with van der Waals surface area (Å²) >= 11 is 0. The van der Waals surface area contributed by atoms with E-state index in [9.17, 15) is 4.57 Å². The highest BCUT2D eigenvalue weighted by molar-refractivity contribution is 7.62. The Morgan fingerprint density at radius 2 is 1.70 bits per heavy atom. The lowest BCUT2D eigenvalue weighted by atomic mass is 10.2. The van der Waals surface area contributed by atoms with E-state index in [-0.39, 0.29) is 0 Å². The molecule has 0 saturated heterocycles. The van der Waals surface area contributed by atoms with Crippen LogP contribution in [-0.4, -0.2) is 29.9 Å². The van der Waals surface area contributed by atoms with Gasteiger partial charge in [0, 0.05) is 18.1 Å². The average Bonchev–Trinajstić information content (AvgIpc) is 3.07. The average molecular weight is 424 g/mol. The van der Waals surface area contributed by atoms with E-state index in [2.05, 4.69) is 21.7 Å². The molecule has 0 N–H and O–H groups in total. The number of nitrogens with zero attached hydrogens (tertiary/aromatic N) is 2. The Morgan fingerprint density at radius 3 is 2.37 bits per heavy atom. The molecule has 4 aromatic rings. The third kappa shape index (κ3) is 3.74. The Kier molecular flexibility index (Phi) is 5.91. The summed E-state index contributed by atoms with van der Waals surface area (Å²) in [6, 6.07) is 17.6. The van der Waals surface area contributed by atoms with Crippen LogP contribution in [0.3, 0.4) is 0 Å². The summed E-state index contributed by atoms with van der Waals surface area (Å²) in [5, 5.41) is 1.63. The number of pyridine rings is 1. The van der Waals surface area contributed by atoms with E-state index in [1.54, 1.807) is 13.3 Å². The molecule has 0 aliphatic carbocycles. The van der Waals surface area contributed by atoms with Gasteiger partial charge in [-0.2, -0.15) is 0 Å². The lowest BCUT2D eigenvalue weighted by molar-refractivity contribution is 0.230. The number of aromatic nitrogens is 2. The van der Waals surface area contributed by atoms with Gasteiger partial charge in [-0.3, -0.25) is 9.55 Å². The molecule has 0 unspecified atom stereocenters. The van der Waals surface area contributed by atoms with Gasteiger partial charge in [-0.1, -0.05) is 12.1 Å². The largest absolute Gasteiger partial charge is 0.497 e. The van der Waals surface area contributed by atoms with Crippen LogP contribution in [0.1, 0.15) is 19.4 Å². The number of methoxy groups -OCH3 is 1. The van der Waals surface area contributed by atoms with Crippen LogP contribution >= 0.6 is 7.60 Å². The van der Waals surface area contributed by atoms with Crippen molar-refractivity contribution < 1.29 is 18.3 Å². The SMILES string of the molecule is CCOP(=O)(OCC)c1ccc(Cn2c3ccc(OC)cc3c3ncccc32)cc1. The van der Waals surface area contributed by atoms with Crippen molar-refractivity contribution in [2.75, 3.05) is 20.3 Å². The standard InChI is InChI=1S/C23H25N2O4P/c1-4-28-30(26,29-5-2)19-11-8-17(9-12-19)16-25-21-13-10-18(27-3)15-20(21)23-22(25)7-6-14-24-23/h6-15H,4-5,16H2,1-3H3. The van der Waals surface area contributed by atoms with Gasteiger partial charge in [0.1, 0.15) is 5.75 Å². The Balaban J connectivity index is 1.73. The molecule has 4 rings (SSSR count). The van der Waals surface area contributed by atoms with Gasteiger partial charge in [0.15, 0.2) is 0 Å². The van der Waals surface area contributed by atoms with Crippen molar-refractivity contribution >= 4 is 34.8 Å². The van der Waals surface area contributed by atoms with Crippen molar-refractivity contribution in [2.45, 2.75) is 20.4 Å². The topological polar surface area (TPSA) is 62.6 Å². The normalized spacial score (nSPS) is 12.0. The van der Waals surface area contributed by atoms with Crippen LogP contribution in [0.2, 0.25) is 0 Å². The highest BCUT2D eigenvalue weighted by Crippen LogP contribution is 2.46. The summed E-state index contributed by atoms with van der Waals surface area (Å²) in [4.78, 5) is 4.59. The quantitative estimate of drug-likeness (QED) is 0.367. The first-order valence-corrected chi connectivity index (χ1v) is 11.5. The Morgan fingerprint density at radius 1 is 0.967 bits per heavy atom. The molecule has 0 aliphatic heterocycles. The molecule has 2 aromatic heterocycles. The predicted molar refractivity (Wildman–Crippen MR) is 120 cm³/mol. The Labute approximate surface area is 175 Å². The third-order valence-corrected chi connectivity index (χ3v) is 7.15. The maximum Gasteiger partial charge on any atom is 0.361 e. The second-order valence-corrected chi connectivity index (χ2v) is 8.87. The molecule has 0 amide bonds. The van der Waals surface area contributed by atoms with Crippen LogP contribution in [-0.2, 0) is 20.2 Å². The van der Waals surface area contributed by atoms with Gasteiger partial charge in [0.05, 0.1) is 42.2 Å². The fourth-order valence-electron chi connectivity index (χ4n) is 3.68. The second kappa shape index (κ2) is 8.60. The molecule has 0 radical (unpaired) electrons. The van der Waals surface area contributed by atoms with Gasteiger partial charge in [0.25, 0.3) is 0 Å². The molecule has 2 aromatic carbocycles. The summed E-state index contributed by atoms with van der Waals surface area (Å²) in [6.07, 6.45) is 1.80.